The molecule has 0 saturated carbocycles. The number of piperazine rings is 1. The third-order valence-electron chi connectivity index (χ3n) is 5.95. The van der Waals surface area contributed by atoms with Crippen molar-refractivity contribution in [2.75, 3.05) is 31.1 Å². The summed E-state index contributed by atoms with van der Waals surface area (Å²) in [6.07, 6.45) is 3.16. The average Bonchev–Trinajstić information content (AvgIpc) is 3.15. The Morgan fingerprint density at radius 3 is 2.45 bits per heavy atom. The summed E-state index contributed by atoms with van der Waals surface area (Å²) in [6.45, 7) is 7.31. The number of halogens is 1. The Bertz CT molecular complexity index is 1160. The third kappa shape index (κ3) is 4.62. The molecule has 1 saturated heterocycles. The molecule has 0 aliphatic carbocycles. The molecule has 9 heteroatoms. The number of nitrogens with one attached hydrogen (secondary N) is 1. The van der Waals surface area contributed by atoms with Gasteiger partial charge in [-0.3, -0.25) is 19.2 Å². The number of aromatic amines is 1. The fraction of sp³-hybridized carbons (Fsp3) is 0.500. The topological polar surface area (TPSA) is 79.2 Å². The second-order valence-corrected chi connectivity index (χ2v) is 9.07. The average molecular weight is 489 g/mol. The largest absolute Gasteiger partial charge is 0.340 e. The minimum absolute atomic E-state index is 0.359. The lowest BCUT2D eigenvalue weighted by atomic mass is 10.2. The number of hydrogen-bond donors (Lipinski definition) is 1. The lowest BCUT2D eigenvalue weighted by molar-refractivity contribution is 0.248. The number of aromatic nitrogens is 4. The lowest BCUT2D eigenvalue weighted by Gasteiger charge is -2.35. The van der Waals surface area contributed by atoms with E-state index in [1.165, 1.54) is 10.1 Å². The molecule has 3 aromatic rings. The first-order valence-electron chi connectivity index (χ1n) is 10.9. The van der Waals surface area contributed by atoms with Crippen molar-refractivity contribution >= 4 is 33.0 Å². The van der Waals surface area contributed by atoms with E-state index in [2.05, 4.69) is 61.9 Å². The summed E-state index contributed by atoms with van der Waals surface area (Å²) >= 11 is 3.49. The van der Waals surface area contributed by atoms with E-state index in [1.54, 1.807) is 7.05 Å². The summed E-state index contributed by atoms with van der Waals surface area (Å²) in [6, 6.07) is 8.45. The standard InChI is InChI=1S/C22H29BrN6O2/c1-3-4-5-10-29-18-19(26(2)22(31)25-20(18)30)24-21(29)28-13-11-27(12-14-28)15-16-6-8-17(23)9-7-16/h6-9H,3-5,10-15H2,1-2H3,(H,25,30,31). The molecule has 0 radical (unpaired) electrons. The van der Waals surface area contributed by atoms with Crippen LogP contribution in [0.1, 0.15) is 31.7 Å². The molecule has 0 spiro atoms. The second kappa shape index (κ2) is 9.40. The highest BCUT2D eigenvalue weighted by molar-refractivity contribution is 9.10. The van der Waals surface area contributed by atoms with Crippen molar-refractivity contribution in [3.63, 3.8) is 0 Å². The van der Waals surface area contributed by atoms with Crippen LogP contribution in [-0.2, 0) is 20.1 Å². The smallest absolute Gasteiger partial charge is 0.329 e. The maximum absolute atomic E-state index is 12.6. The van der Waals surface area contributed by atoms with E-state index < -0.39 is 5.69 Å². The van der Waals surface area contributed by atoms with Gasteiger partial charge in [0.15, 0.2) is 11.2 Å². The van der Waals surface area contributed by atoms with E-state index in [0.29, 0.717) is 11.2 Å². The molecule has 8 nitrogen and oxygen atoms in total. The SMILES string of the molecule is CCCCCn1c(N2CCN(Cc3ccc(Br)cc3)CC2)nc2c1c(=O)[nH]c(=O)n2C. The van der Waals surface area contributed by atoms with Crippen LogP contribution in [0.25, 0.3) is 11.2 Å². The van der Waals surface area contributed by atoms with Gasteiger partial charge in [-0.1, -0.05) is 47.8 Å². The first kappa shape index (κ1) is 21.8. The Balaban J connectivity index is 1.57. The van der Waals surface area contributed by atoms with Gasteiger partial charge in [-0.25, -0.2) is 4.79 Å². The number of hydrogen-bond acceptors (Lipinski definition) is 5. The van der Waals surface area contributed by atoms with E-state index in [-0.39, 0.29) is 5.56 Å². The highest BCUT2D eigenvalue weighted by atomic mass is 79.9. The minimum Gasteiger partial charge on any atom is -0.340 e. The monoisotopic (exact) mass is 488 g/mol. The number of nitrogens with zero attached hydrogens (tertiary/aromatic N) is 5. The Morgan fingerprint density at radius 1 is 1.06 bits per heavy atom. The normalized spacial score (nSPS) is 15.1. The zero-order valence-electron chi connectivity index (χ0n) is 18.1. The van der Waals surface area contributed by atoms with Crippen LogP contribution in [-0.4, -0.2) is 50.2 Å². The molecule has 1 N–H and O–H groups in total. The second-order valence-electron chi connectivity index (χ2n) is 8.15. The van der Waals surface area contributed by atoms with Crippen LogP contribution in [0.15, 0.2) is 38.3 Å². The summed E-state index contributed by atoms with van der Waals surface area (Å²) in [7, 11) is 1.66. The first-order valence-corrected chi connectivity index (χ1v) is 11.7. The Morgan fingerprint density at radius 2 is 1.77 bits per heavy atom. The number of unbranched alkanes of at least 4 members (excludes halogenated alkanes) is 2. The molecular weight excluding hydrogens is 460 g/mol. The highest BCUT2D eigenvalue weighted by Crippen LogP contribution is 2.22. The van der Waals surface area contributed by atoms with Crippen LogP contribution in [0, 0.1) is 0 Å². The van der Waals surface area contributed by atoms with Crippen LogP contribution >= 0.6 is 15.9 Å². The van der Waals surface area contributed by atoms with Gasteiger partial charge in [-0.05, 0) is 24.1 Å². The number of aryl methyl sites for hydroxylation is 2. The van der Waals surface area contributed by atoms with E-state index in [1.807, 2.05) is 4.57 Å². The van der Waals surface area contributed by atoms with Gasteiger partial charge < -0.3 is 9.47 Å². The zero-order chi connectivity index (χ0) is 22.0. The van der Waals surface area contributed by atoms with Gasteiger partial charge >= 0.3 is 5.69 Å². The molecule has 0 atom stereocenters. The zero-order valence-corrected chi connectivity index (χ0v) is 19.7. The molecule has 1 aromatic carbocycles. The Labute approximate surface area is 189 Å². The van der Waals surface area contributed by atoms with Crippen molar-refractivity contribution in [1.82, 2.24) is 24.0 Å². The summed E-state index contributed by atoms with van der Waals surface area (Å²) in [4.78, 5) is 36.6. The van der Waals surface area contributed by atoms with Crippen molar-refractivity contribution in [3.05, 3.63) is 55.1 Å². The Kier molecular flexibility index (Phi) is 6.62. The van der Waals surface area contributed by atoms with Gasteiger partial charge in [-0.2, -0.15) is 4.98 Å². The molecular formula is C22H29BrN6O2. The maximum Gasteiger partial charge on any atom is 0.329 e. The molecule has 31 heavy (non-hydrogen) atoms. The molecule has 2 aromatic heterocycles. The van der Waals surface area contributed by atoms with E-state index in [4.69, 9.17) is 4.98 Å². The quantitative estimate of drug-likeness (QED) is 0.517. The third-order valence-corrected chi connectivity index (χ3v) is 6.48. The summed E-state index contributed by atoms with van der Waals surface area (Å²) in [5, 5.41) is 0. The van der Waals surface area contributed by atoms with E-state index in [9.17, 15) is 9.59 Å². The first-order chi connectivity index (χ1) is 15.0. The van der Waals surface area contributed by atoms with Crippen LogP contribution in [0.5, 0.6) is 0 Å². The molecule has 1 aliphatic heterocycles. The summed E-state index contributed by atoms with van der Waals surface area (Å²) in [5.41, 5.74) is 1.46. The molecule has 166 valence electrons. The fourth-order valence-electron chi connectivity index (χ4n) is 4.15. The van der Waals surface area contributed by atoms with Crippen molar-refractivity contribution in [2.45, 2.75) is 39.3 Å². The van der Waals surface area contributed by atoms with Crippen LogP contribution in [0.3, 0.4) is 0 Å². The van der Waals surface area contributed by atoms with Gasteiger partial charge in [0.2, 0.25) is 5.95 Å². The summed E-state index contributed by atoms with van der Waals surface area (Å²) in [5.74, 6) is 0.793. The van der Waals surface area contributed by atoms with E-state index in [0.717, 1.165) is 69.0 Å². The van der Waals surface area contributed by atoms with Gasteiger partial charge in [0, 0.05) is 50.8 Å². The molecule has 3 heterocycles. The lowest BCUT2D eigenvalue weighted by Crippen LogP contribution is -2.46. The van der Waals surface area contributed by atoms with Gasteiger partial charge in [0.05, 0.1) is 0 Å². The number of benzene rings is 1. The minimum atomic E-state index is -0.429. The van der Waals surface area contributed by atoms with Gasteiger partial charge in [0.1, 0.15) is 0 Å². The molecule has 4 rings (SSSR count). The fourth-order valence-corrected chi connectivity index (χ4v) is 4.41. The van der Waals surface area contributed by atoms with Crippen molar-refractivity contribution in [3.8, 4) is 0 Å². The number of imidazole rings is 1. The summed E-state index contributed by atoms with van der Waals surface area (Å²) < 4.78 is 4.53. The van der Waals surface area contributed by atoms with Crippen LogP contribution < -0.4 is 16.1 Å². The van der Waals surface area contributed by atoms with Crippen molar-refractivity contribution in [2.24, 2.45) is 7.05 Å². The van der Waals surface area contributed by atoms with Crippen LogP contribution in [0.4, 0.5) is 5.95 Å². The van der Waals surface area contributed by atoms with Crippen LogP contribution in [0.2, 0.25) is 0 Å². The highest BCUT2D eigenvalue weighted by Gasteiger charge is 2.24. The molecule has 1 fully saturated rings. The van der Waals surface area contributed by atoms with Crippen molar-refractivity contribution in [1.29, 1.82) is 0 Å². The number of fused-ring (bicyclic) bond motifs is 1. The molecule has 0 unspecified atom stereocenters. The number of H-pyrrole nitrogens is 1. The molecule has 1 aliphatic rings. The Hall–Kier alpha value is -2.39. The van der Waals surface area contributed by atoms with Gasteiger partial charge in [0.25, 0.3) is 5.56 Å². The van der Waals surface area contributed by atoms with Crippen molar-refractivity contribution < 1.29 is 0 Å². The predicted octanol–water partition coefficient (Wildman–Crippen LogP) is 2.70. The maximum atomic E-state index is 12.6. The van der Waals surface area contributed by atoms with E-state index >= 15 is 0 Å². The molecule has 0 bridgehead atoms. The predicted molar refractivity (Wildman–Crippen MR) is 127 cm³/mol. The number of rotatable bonds is 7. The van der Waals surface area contributed by atoms with Gasteiger partial charge in [-0.15, -0.1) is 0 Å². The number of anilines is 1. The molecule has 0 amide bonds.